The molecule has 9 heteroatoms. The van der Waals surface area contributed by atoms with Crippen molar-refractivity contribution in [2.24, 2.45) is 0 Å². The van der Waals surface area contributed by atoms with Crippen LogP contribution in [-0.4, -0.2) is 32.3 Å². The number of nitrogens with one attached hydrogen (secondary N) is 1. The van der Waals surface area contributed by atoms with Crippen LogP contribution in [0.25, 0.3) is 16.6 Å². The van der Waals surface area contributed by atoms with Gasteiger partial charge >= 0.3 is 0 Å². The fraction of sp³-hybridized carbons (Fsp3) is 0.280. The predicted molar refractivity (Wildman–Crippen MR) is 126 cm³/mol. The van der Waals surface area contributed by atoms with Crippen LogP contribution in [0.3, 0.4) is 0 Å². The molecule has 0 radical (unpaired) electrons. The first-order valence-corrected chi connectivity index (χ1v) is 11.1. The Morgan fingerprint density at radius 3 is 2.56 bits per heavy atom. The largest absolute Gasteiger partial charge is 0.454 e. The zero-order chi connectivity index (χ0) is 24.0. The summed E-state index contributed by atoms with van der Waals surface area (Å²) in [5.41, 5.74) is 4.22. The van der Waals surface area contributed by atoms with Crippen molar-refractivity contribution in [3.8, 4) is 17.2 Å². The van der Waals surface area contributed by atoms with Gasteiger partial charge in [0, 0.05) is 6.54 Å². The molecule has 2 aromatic heterocycles. The van der Waals surface area contributed by atoms with Crippen LogP contribution in [0.5, 0.6) is 11.5 Å². The molecule has 174 valence electrons. The van der Waals surface area contributed by atoms with E-state index < -0.39 is 11.6 Å². The average molecular weight is 460 g/mol. The third kappa shape index (κ3) is 3.68. The standard InChI is InChI=1S/C25H25N5O4/c1-14-5-8-19(9-6-14)29-16(3)22-15(2)27-30(25(32)23(22)28-29)17(4)24(31)26-12-18-7-10-20-21(11-18)34-13-33-20/h5-11,17H,12-13H2,1-4H3,(H,26,31)/t17-/m1/s1. The number of aryl methyl sites for hydroxylation is 3. The molecule has 2 aromatic carbocycles. The lowest BCUT2D eigenvalue weighted by atomic mass is 10.2. The van der Waals surface area contributed by atoms with Gasteiger partial charge in [0.25, 0.3) is 5.56 Å². The van der Waals surface area contributed by atoms with Crippen molar-refractivity contribution in [3.63, 3.8) is 0 Å². The molecule has 34 heavy (non-hydrogen) atoms. The molecular formula is C25H25N5O4. The minimum Gasteiger partial charge on any atom is -0.454 e. The number of carbonyl (C=O) groups excluding carboxylic acids is 1. The molecule has 1 atom stereocenters. The van der Waals surface area contributed by atoms with Gasteiger partial charge in [-0.3, -0.25) is 9.59 Å². The highest BCUT2D eigenvalue weighted by atomic mass is 16.7. The summed E-state index contributed by atoms with van der Waals surface area (Å²) in [6.07, 6.45) is 0. The second kappa shape index (κ2) is 8.33. The number of carbonyl (C=O) groups is 1. The molecule has 9 nitrogen and oxygen atoms in total. The molecule has 0 aliphatic carbocycles. The van der Waals surface area contributed by atoms with E-state index in [9.17, 15) is 9.59 Å². The highest BCUT2D eigenvalue weighted by Crippen LogP contribution is 2.32. The van der Waals surface area contributed by atoms with Gasteiger partial charge in [-0.05, 0) is 57.5 Å². The highest BCUT2D eigenvalue weighted by molar-refractivity contribution is 5.84. The Morgan fingerprint density at radius 1 is 1.06 bits per heavy atom. The number of rotatable bonds is 5. The summed E-state index contributed by atoms with van der Waals surface area (Å²) < 4.78 is 13.6. The van der Waals surface area contributed by atoms with Crippen LogP contribution in [0.4, 0.5) is 0 Å². The molecule has 0 bridgehead atoms. The maximum Gasteiger partial charge on any atom is 0.295 e. The van der Waals surface area contributed by atoms with Crippen LogP contribution in [0, 0.1) is 20.8 Å². The number of fused-ring (bicyclic) bond motifs is 2. The van der Waals surface area contributed by atoms with E-state index in [4.69, 9.17) is 9.47 Å². The van der Waals surface area contributed by atoms with Crippen LogP contribution >= 0.6 is 0 Å². The molecule has 0 saturated heterocycles. The first kappa shape index (κ1) is 21.7. The van der Waals surface area contributed by atoms with E-state index in [0.717, 1.165) is 22.5 Å². The second-order valence-electron chi connectivity index (χ2n) is 8.47. The number of hydrogen-bond acceptors (Lipinski definition) is 6. The van der Waals surface area contributed by atoms with Crippen molar-refractivity contribution >= 4 is 16.8 Å². The summed E-state index contributed by atoms with van der Waals surface area (Å²) in [4.78, 5) is 26.2. The first-order valence-electron chi connectivity index (χ1n) is 11.1. The van der Waals surface area contributed by atoms with E-state index in [2.05, 4.69) is 15.5 Å². The van der Waals surface area contributed by atoms with Crippen molar-refractivity contribution in [1.29, 1.82) is 0 Å². The minimum absolute atomic E-state index is 0.192. The van der Waals surface area contributed by atoms with E-state index in [0.29, 0.717) is 28.1 Å². The second-order valence-corrected chi connectivity index (χ2v) is 8.47. The Labute approximate surface area is 195 Å². The molecule has 3 heterocycles. The average Bonchev–Trinajstić information content (AvgIpc) is 3.44. The molecule has 0 unspecified atom stereocenters. The van der Waals surface area contributed by atoms with Crippen molar-refractivity contribution in [1.82, 2.24) is 24.9 Å². The number of ether oxygens (including phenoxy) is 2. The molecule has 0 spiro atoms. The summed E-state index contributed by atoms with van der Waals surface area (Å²) in [6, 6.07) is 12.6. The van der Waals surface area contributed by atoms with Crippen molar-refractivity contribution in [2.45, 2.75) is 40.3 Å². The van der Waals surface area contributed by atoms with Gasteiger partial charge < -0.3 is 14.8 Å². The molecule has 0 saturated carbocycles. The number of hydrogen-bond donors (Lipinski definition) is 1. The van der Waals surface area contributed by atoms with Gasteiger partial charge in [-0.25, -0.2) is 9.36 Å². The van der Waals surface area contributed by atoms with Crippen LogP contribution in [0.1, 0.15) is 35.5 Å². The molecule has 1 aliphatic heterocycles. The summed E-state index contributed by atoms with van der Waals surface area (Å²) in [5.74, 6) is 1.02. The fourth-order valence-electron chi connectivity index (χ4n) is 4.15. The summed E-state index contributed by atoms with van der Waals surface area (Å²) in [5, 5.41) is 12.6. The molecule has 1 amide bonds. The van der Waals surface area contributed by atoms with E-state index >= 15 is 0 Å². The maximum atomic E-state index is 13.3. The van der Waals surface area contributed by atoms with Crippen molar-refractivity contribution in [3.05, 3.63) is 75.3 Å². The van der Waals surface area contributed by atoms with E-state index in [1.165, 1.54) is 4.68 Å². The molecule has 1 aliphatic rings. The summed E-state index contributed by atoms with van der Waals surface area (Å²) in [6.45, 7) is 7.88. The van der Waals surface area contributed by atoms with E-state index in [1.54, 1.807) is 11.6 Å². The van der Waals surface area contributed by atoms with E-state index in [1.807, 2.05) is 63.2 Å². The lowest BCUT2D eigenvalue weighted by molar-refractivity contribution is -0.124. The third-order valence-electron chi connectivity index (χ3n) is 6.08. The molecule has 4 aromatic rings. The predicted octanol–water partition coefficient (Wildman–Crippen LogP) is 3.11. The van der Waals surface area contributed by atoms with Gasteiger partial charge in [0.15, 0.2) is 17.0 Å². The monoisotopic (exact) mass is 459 g/mol. The molecule has 0 fully saturated rings. The van der Waals surface area contributed by atoms with Gasteiger partial charge in [-0.2, -0.15) is 10.2 Å². The minimum atomic E-state index is -0.811. The van der Waals surface area contributed by atoms with Crippen LogP contribution in [0.15, 0.2) is 47.3 Å². The van der Waals surface area contributed by atoms with Gasteiger partial charge in [-0.1, -0.05) is 23.8 Å². The Bertz CT molecular complexity index is 1470. The topological polar surface area (TPSA) is 100 Å². The van der Waals surface area contributed by atoms with E-state index in [-0.39, 0.29) is 19.2 Å². The Morgan fingerprint density at radius 2 is 1.79 bits per heavy atom. The Hall–Kier alpha value is -4.14. The Kier molecular flexibility index (Phi) is 5.31. The lowest BCUT2D eigenvalue weighted by Crippen LogP contribution is -2.37. The molecule has 1 N–H and O–H groups in total. The molecular weight excluding hydrogens is 434 g/mol. The van der Waals surface area contributed by atoms with Gasteiger partial charge in [0.05, 0.1) is 22.5 Å². The van der Waals surface area contributed by atoms with Crippen molar-refractivity contribution < 1.29 is 14.3 Å². The van der Waals surface area contributed by atoms with Crippen LogP contribution < -0.4 is 20.3 Å². The zero-order valence-electron chi connectivity index (χ0n) is 19.5. The first-order chi connectivity index (χ1) is 16.3. The third-order valence-corrected chi connectivity index (χ3v) is 6.08. The SMILES string of the molecule is Cc1ccc(-n2nc3c(=O)n([C@H](C)C(=O)NCc4ccc5c(c4)OCO5)nc(C)c3c2C)cc1. The molecule has 5 rings (SSSR count). The highest BCUT2D eigenvalue weighted by Gasteiger charge is 2.23. The zero-order valence-corrected chi connectivity index (χ0v) is 19.5. The number of benzene rings is 2. The van der Waals surface area contributed by atoms with Gasteiger partial charge in [-0.15, -0.1) is 0 Å². The van der Waals surface area contributed by atoms with Gasteiger partial charge in [0.1, 0.15) is 6.04 Å². The smallest absolute Gasteiger partial charge is 0.295 e. The normalized spacial score (nSPS) is 13.3. The Balaban J connectivity index is 1.42. The van der Waals surface area contributed by atoms with Crippen molar-refractivity contribution in [2.75, 3.05) is 6.79 Å². The lowest BCUT2D eigenvalue weighted by Gasteiger charge is -2.15. The summed E-state index contributed by atoms with van der Waals surface area (Å²) in [7, 11) is 0. The van der Waals surface area contributed by atoms with Gasteiger partial charge in [0.2, 0.25) is 12.7 Å². The van der Waals surface area contributed by atoms with Crippen LogP contribution in [0.2, 0.25) is 0 Å². The number of aromatic nitrogens is 4. The number of amides is 1. The fourth-order valence-corrected chi connectivity index (χ4v) is 4.15. The maximum absolute atomic E-state index is 13.3. The van der Waals surface area contributed by atoms with Crippen LogP contribution in [-0.2, 0) is 11.3 Å². The quantitative estimate of drug-likeness (QED) is 0.492. The summed E-state index contributed by atoms with van der Waals surface area (Å²) >= 11 is 0. The number of nitrogens with zero attached hydrogens (tertiary/aromatic N) is 4.